The second kappa shape index (κ2) is 8.75. The number of sulfonamides is 1. The van der Waals surface area contributed by atoms with E-state index in [2.05, 4.69) is 10.4 Å². The van der Waals surface area contributed by atoms with Gasteiger partial charge in [0.25, 0.3) is 5.91 Å². The zero-order valence-electron chi connectivity index (χ0n) is 19.5. The number of ether oxygens (including phenoxy) is 1. The largest absolute Gasteiger partial charge is 0.495 e. The van der Waals surface area contributed by atoms with E-state index in [9.17, 15) is 13.2 Å². The van der Waals surface area contributed by atoms with Crippen LogP contribution in [0.3, 0.4) is 0 Å². The van der Waals surface area contributed by atoms with Crippen molar-refractivity contribution in [2.45, 2.75) is 44.4 Å². The molecule has 176 valence electrons. The molecule has 0 radical (unpaired) electrons. The molecule has 0 aliphatic heterocycles. The fourth-order valence-corrected chi connectivity index (χ4v) is 5.56. The Labute approximate surface area is 193 Å². The maximum absolute atomic E-state index is 13.5. The van der Waals surface area contributed by atoms with Gasteiger partial charge in [0.05, 0.1) is 34.3 Å². The zero-order valence-corrected chi connectivity index (χ0v) is 20.4. The van der Waals surface area contributed by atoms with Gasteiger partial charge in [-0.25, -0.2) is 13.4 Å². The number of methoxy groups -OCH3 is 1. The van der Waals surface area contributed by atoms with Crippen LogP contribution in [0.25, 0.3) is 11.0 Å². The summed E-state index contributed by atoms with van der Waals surface area (Å²) in [5.74, 6) is 0.363. The quantitative estimate of drug-likeness (QED) is 0.539. The van der Waals surface area contributed by atoms with Crippen LogP contribution < -0.4 is 10.1 Å². The van der Waals surface area contributed by atoms with E-state index in [1.807, 2.05) is 20.0 Å². The second-order valence-corrected chi connectivity index (χ2v) is 10.1. The van der Waals surface area contributed by atoms with Crippen molar-refractivity contribution in [1.29, 1.82) is 0 Å². The number of carbonyl (C=O) groups is 1. The summed E-state index contributed by atoms with van der Waals surface area (Å²) in [6.07, 6.45) is 2.10. The molecule has 1 aliphatic carbocycles. The van der Waals surface area contributed by atoms with Crippen molar-refractivity contribution in [1.82, 2.24) is 19.1 Å². The van der Waals surface area contributed by atoms with Gasteiger partial charge in [0.2, 0.25) is 10.0 Å². The minimum atomic E-state index is -3.69. The SMILES string of the molecule is CCN(CC)S(=O)(=O)c1ccc(OC)c(NC(=O)c2cc(C3CC3)nc3c2c(C)nn3C)c1. The number of amides is 1. The summed E-state index contributed by atoms with van der Waals surface area (Å²) in [5, 5.41) is 8.00. The highest BCUT2D eigenvalue weighted by molar-refractivity contribution is 7.89. The third-order valence-electron chi connectivity index (χ3n) is 5.99. The van der Waals surface area contributed by atoms with E-state index in [1.54, 1.807) is 24.6 Å². The molecule has 0 unspecified atom stereocenters. The highest BCUT2D eigenvalue weighted by atomic mass is 32.2. The Morgan fingerprint density at radius 1 is 1.24 bits per heavy atom. The number of hydrogen-bond acceptors (Lipinski definition) is 6. The Morgan fingerprint density at radius 2 is 1.94 bits per heavy atom. The van der Waals surface area contributed by atoms with E-state index >= 15 is 0 Å². The molecule has 2 aromatic heterocycles. The Bertz CT molecular complexity index is 1320. The number of aromatic nitrogens is 3. The van der Waals surface area contributed by atoms with Crippen molar-refractivity contribution in [2.75, 3.05) is 25.5 Å². The first-order chi connectivity index (χ1) is 15.7. The van der Waals surface area contributed by atoms with E-state index in [1.165, 1.54) is 23.5 Å². The number of fused-ring (bicyclic) bond motifs is 1. The van der Waals surface area contributed by atoms with Crippen molar-refractivity contribution < 1.29 is 17.9 Å². The van der Waals surface area contributed by atoms with Crippen LogP contribution in [0.1, 0.15) is 54.4 Å². The van der Waals surface area contributed by atoms with E-state index in [-0.39, 0.29) is 16.5 Å². The molecule has 0 spiro atoms. The molecule has 10 heteroatoms. The molecule has 1 aliphatic rings. The van der Waals surface area contributed by atoms with Crippen LogP contribution in [0.4, 0.5) is 5.69 Å². The lowest BCUT2D eigenvalue weighted by molar-refractivity contribution is 0.102. The zero-order chi connectivity index (χ0) is 23.9. The highest BCUT2D eigenvalue weighted by Crippen LogP contribution is 2.40. The van der Waals surface area contributed by atoms with Crippen LogP contribution >= 0.6 is 0 Å². The molecule has 1 saturated carbocycles. The Morgan fingerprint density at radius 3 is 2.55 bits per heavy atom. The minimum absolute atomic E-state index is 0.0957. The summed E-state index contributed by atoms with van der Waals surface area (Å²) in [7, 11) is -0.406. The first kappa shape index (κ1) is 23.2. The fourth-order valence-electron chi connectivity index (χ4n) is 4.08. The third-order valence-corrected chi connectivity index (χ3v) is 8.04. The van der Waals surface area contributed by atoms with Gasteiger partial charge in [-0.15, -0.1) is 0 Å². The number of rotatable bonds is 8. The minimum Gasteiger partial charge on any atom is -0.495 e. The van der Waals surface area contributed by atoms with Crippen LogP contribution in [-0.4, -0.2) is 53.6 Å². The normalized spacial score (nSPS) is 14.1. The molecular weight excluding hydrogens is 442 g/mol. The summed E-state index contributed by atoms with van der Waals surface area (Å²) >= 11 is 0. The molecule has 1 fully saturated rings. The summed E-state index contributed by atoms with van der Waals surface area (Å²) in [6, 6.07) is 6.32. The predicted molar refractivity (Wildman–Crippen MR) is 126 cm³/mol. The fraction of sp³-hybridized carbons (Fsp3) is 0.435. The molecule has 0 atom stereocenters. The number of carbonyl (C=O) groups excluding carboxylic acids is 1. The van der Waals surface area contributed by atoms with Gasteiger partial charge < -0.3 is 10.1 Å². The summed E-state index contributed by atoms with van der Waals surface area (Å²) in [4.78, 5) is 18.3. The standard InChI is InChI=1S/C23H29N5O4S/c1-6-28(7-2)33(30,31)16-10-11-20(32-5)19(12-16)25-23(29)17-13-18(15-8-9-15)24-22-21(17)14(3)26-27(22)4/h10-13,15H,6-9H2,1-5H3,(H,25,29). The molecular formula is C23H29N5O4S. The molecule has 0 saturated heterocycles. The average molecular weight is 472 g/mol. The van der Waals surface area contributed by atoms with Crippen LogP contribution in [0.5, 0.6) is 5.75 Å². The van der Waals surface area contributed by atoms with Crippen molar-refractivity contribution in [2.24, 2.45) is 7.05 Å². The molecule has 9 nitrogen and oxygen atoms in total. The van der Waals surface area contributed by atoms with Gasteiger partial charge in [-0.2, -0.15) is 9.40 Å². The van der Waals surface area contributed by atoms with Crippen molar-refractivity contribution >= 4 is 32.7 Å². The molecule has 1 N–H and O–H groups in total. The number of pyridine rings is 1. The van der Waals surface area contributed by atoms with Gasteiger partial charge in [-0.1, -0.05) is 13.8 Å². The van der Waals surface area contributed by atoms with Crippen LogP contribution in [0, 0.1) is 6.92 Å². The maximum atomic E-state index is 13.5. The third kappa shape index (κ3) is 4.20. The number of nitrogens with zero attached hydrogens (tertiary/aromatic N) is 4. The lowest BCUT2D eigenvalue weighted by Gasteiger charge is -2.19. The smallest absolute Gasteiger partial charge is 0.256 e. The van der Waals surface area contributed by atoms with Crippen LogP contribution in [0.2, 0.25) is 0 Å². The topological polar surface area (TPSA) is 106 Å². The summed E-state index contributed by atoms with van der Waals surface area (Å²) in [6.45, 7) is 6.12. The Kier molecular flexibility index (Phi) is 6.15. The van der Waals surface area contributed by atoms with Crippen molar-refractivity contribution in [3.8, 4) is 5.75 Å². The maximum Gasteiger partial charge on any atom is 0.256 e. The summed E-state index contributed by atoms with van der Waals surface area (Å²) < 4.78 is 34.5. The molecule has 33 heavy (non-hydrogen) atoms. The molecule has 0 bridgehead atoms. The highest BCUT2D eigenvalue weighted by Gasteiger charge is 2.29. The second-order valence-electron chi connectivity index (χ2n) is 8.18. The van der Waals surface area contributed by atoms with Crippen LogP contribution in [0.15, 0.2) is 29.2 Å². The van der Waals surface area contributed by atoms with Crippen LogP contribution in [-0.2, 0) is 17.1 Å². The monoisotopic (exact) mass is 471 g/mol. The van der Waals surface area contributed by atoms with Gasteiger partial charge >= 0.3 is 0 Å². The van der Waals surface area contributed by atoms with Gasteiger partial charge in [0.15, 0.2) is 5.65 Å². The first-order valence-corrected chi connectivity index (χ1v) is 12.5. The van der Waals surface area contributed by atoms with Crippen molar-refractivity contribution in [3.05, 3.63) is 41.2 Å². The van der Waals surface area contributed by atoms with E-state index in [0.29, 0.717) is 47.0 Å². The van der Waals surface area contributed by atoms with E-state index in [4.69, 9.17) is 9.72 Å². The Hall–Kier alpha value is -2.98. The lowest BCUT2D eigenvalue weighted by atomic mass is 10.1. The van der Waals surface area contributed by atoms with Gasteiger partial charge in [0.1, 0.15) is 5.75 Å². The van der Waals surface area contributed by atoms with E-state index < -0.39 is 10.0 Å². The number of benzene rings is 1. The van der Waals surface area contributed by atoms with Gasteiger partial charge in [-0.05, 0) is 44.0 Å². The first-order valence-electron chi connectivity index (χ1n) is 11.0. The molecule has 4 rings (SSSR count). The van der Waals surface area contributed by atoms with E-state index in [0.717, 1.165) is 18.5 Å². The number of nitrogens with one attached hydrogen (secondary N) is 1. The lowest BCUT2D eigenvalue weighted by Crippen LogP contribution is -2.30. The molecule has 1 amide bonds. The summed E-state index contributed by atoms with van der Waals surface area (Å²) in [5.41, 5.74) is 2.99. The molecule has 2 heterocycles. The van der Waals surface area contributed by atoms with Gasteiger partial charge in [-0.3, -0.25) is 9.48 Å². The number of hydrogen-bond donors (Lipinski definition) is 1. The van der Waals surface area contributed by atoms with Gasteiger partial charge in [0, 0.05) is 31.7 Å². The molecule has 1 aromatic carbocycles. The average Bonchev–Trinajstić information content (AvgIpc) is 3.60. The Balaban J connectivity index is 1.77. The number of aryl methyl sites for hydroxylation is 2. The predicted octanol–water partition coefficient (Wildman–Crippen LogP) is 3.45. The number of anilines is 1. The molecule has 3 aromatic rings. The van der Waals surface area contributed by atoms with Crippen molar-refractivity contribution in [3.63, 3.8) is 0 Å².